The van der Waals surface area contributed by atoms with Crippen LogP contribution in [0.15, 0.2) is 0 Å². The third-order valence-electron chi connectivity index (χ3n) is 0.959. The van der Waals surface area contributed by atoms with Crippen molar-refractivity contribution in [1.29, 1.82) is 0 Å². The number of carbonyl (C=O) groups excluding carboxylic acids is 1. The molecule has 0 aromatic heterocycles. The fraction of sp³-hybridized carbons (Fsp3) is 0.600. The Kier molecular flexibility index (Phi) is 1.29. The second kappa shape index (κ2) is 1.96. The number of hydrogen-bond acceptors (Lipinski definition) is 1. The summed E-state index contributed by atoms with van der Waals surface area (Å²) in [5.74, 6) is 0.0579. The standard InChI is InChI=1S/C5H7NO/c7-5-3-1-2-4-6-5/h2H,1,3-4H2. The Morgan fingerprint density at radius 2 is 2.57 bits per heavy atom. The molecule has 0 N–H and O–H groups in total. The summed E-state index contributed by atoms with van der Waals surface area (Å²) in [4.78, 5) is 10.3. The van der Waals surface area contributed by atoms with Gasteiger partial charge in [-0.1, -0.05) is 0 Å². The molecule has 0 atom stereocenters. The predicted octanol–water partition coefficient (Wildman–Crippen LogP) is 0.115. The molecule has 1 heterocycles. The minimum atomic E-state index is 0.0579. The zero-order valence-electron chi connectivity index (χ0n) is 4.05. The van der Waals surface area contributed by atoms with Crippen LogP contribution in [0.4, 0.5) is 0 Å². The maximum atomic E-state index is 10.3. The fourth-order valence-electron chi connectivity index (χ4n) is 0.562. The van der Waals surface area contributed by atoms with Gasteiger partial charge < -0.3 is 0 Å². The minimum absolute atomic E-state index is 0.0579. The molecule has 0 saturated carbocycles. The van der Waals surface area contributed by atoms with Gasteiger partial charge in [0.15, 0.2) is 0 Å². The molecule has 0 aliphatic carbocycles. The molecule has 0 spiro atoms. The quantitative estimate of drug-likeness (QED) is 0.422. The third-order valence-corrected chi connectivity index (χ3v) is 0.959. The largest absolute Gasteiger partial charge is 0.273 e. The first-order valence-corrected chi connectivity index (χ1v) is 2.41. The van der Waals surface area contributed by atoms with E-state index in [-0.39, 0.29) is 5.91 Å². The van der Waals surface area contributed by atoms with Gasteiger partial charge in [-0.25, -0.2) is 0 Å². The maximum Gasteiger partial charge on any atom is 0.241 e. The summed E-state index contributed by atoms with van der Waals surface area (Å²) in [5, 5.41) is 3.64. The van der Waals surface area contributed by atoms with Gasteiger partial charge in [-0.05, 0) is 12.8 Å². The summed E-state index contributed by atoms with van der Waals surface area (Å²) in [6.07, 6.45) is 3.56. The van der Waals surface area contributed by atoms with Crippen LogP contribution < -0.4 is 5.32 Å². The van der Waals surface area contributed by atoms with Gasteiger partial charge in [0.2, 0.25) is 5.91 Å². The van der Waals surface area contributed by atoms with Crippen LogP contribution in [0.25, 0.3) is 0 Å². The molecule has 1 amide bonds. The first kappa shape index (κ1) is 4.62. The highest BCUT2D eigenvalue weighted by molar-refractivity contribution is 5.76. The zero-order valence-corrected chi connectivity index (χ0v) is 4.05. The summed E-state index contributed by atoms with van der Waals surface area (Å²) in [6, 6.07) is 0. The number of rotatable bonds is 0. The minimum Gasteiger partial charge on any atom is -0.273 e. The zero-order chi connectivity index (χ0) is 5.11. The van der Waals surface area contributed by atoms with Crippen LogP contribution in [0.5, 0.6) is 0 Å². The molecule has 38 valence electrons. The van der Waals surface area contributed by atoms with E-state index in [4.69, 9.17) is 0 Å². The van der Waals surface area contributed by atoms with Crippen LogP contribution in [0.1, 0.15) is 12.8 Å². The highest BCUT2D eigenvalue weighted by atomic mass is 16.1. The Hall–Kier alpha value is -0.530. The molecule has 2 radical (unpaired) electrons. The topological polar surface area (TPSA) is 31.2 Å². The van der Waals surface area contributed by atoms with Gasteiger partial charge in [-0.2, -0.15) is 0 Å². The number of nitrogens with zero attached hydrogens (tertiary/aromatic N) is 1. The Bertz CT molecular complexity index is 72.1. The van der Waals surface area contributed by atoms with Crippen LogP contribution >= 0.6 is 0 Å². The van der Waals surface area contributed by atoms with Crippen molar-refractivity contribution in [2.24, 2.45) is 0 Å². The highest BCUT2D eigenvalue weighted by Crippen LogP contribution is 1.98. The second-order valence-corrected chi connectivity index (χ2v) is 1.56. The number of piperidine rings is 1. The van der Waals surface area contributed by atoms with E-state index in [0.717, 1.165) is 6.42 Å². The van der Waals surface area contributed by atoms with Crippen molar-refractivity contribution < 1.29 is 4.79 Å². The van der Waals surface area contributed by atoms with Gasteiger partial charge in [0.1, 0.15) is 0 Å². The van der Waals surface area contributed by atoms with Crippen molar-refractivity contribution in [1.82, 2.24) is 5.32 Å². The first-order valence-electron chi connectivity index (χ1n) is 2.41. The Morgan fingerprint density at radius 3 is 2.86 bits per heavy atom. The number of carbonyl (C=O) groups is 1. The molecule has 2 heteroatoms. The predicted molar refractivity (Wildman–Crippen MR) is 25.5 cm³/mol. The Labute approximate surface area is 42.9 Å². The molecule has 1 aliphatic rings. The fourth-order valence-corrected chi connectivity index (χ4v) is 0.562. The van der Waals surface area contributed by atoms with E-state index in [0.29, 0.717) is 13.0 Å². The van der Waals surface area contributed by atoms with E-state index in [2.05, 4.69) is 5.32 Å². The number of hydrogen-bond donors (Lipinski definition) is 0. The van der Waals surface area contributed by atoms with Gasteiger partial charge in [-0.3, -0.25) is 10.1 Å². The molecule has 1 aliphatic heterocycles. The van der Waals surface area contributed by atoms with Gasteiger partial charge in [0.05, 0.1) is 0 Å². The highest BCUT2D eigenvalue weighted by Gasteiger charge is 2.06. The van der Waals surface area contributed by atoms with E-state index in [1.807, 2.05) is 6.42 Å². The lowest BCUT2D eigenvalue weighted by Crippen LogP contribution is -2.21. The van der Waals surface area contributed by atoms with Crippen LogP contribution in [0.3, 0.4) is 0 Å². The third kappa shape index (κ3) is 1.18. The summed E-state index contributed by atoms with van der Waals surface area (Å²) >= 11 is 0. The molecular weight excluding hydrogens is 90.1 g/mol. The molecule has 0 aromatic rings. The summed E-state index contributed by atoms with van der Waals surface area (Å²) in [6.45, 7) is 0.638. The van der Waals surface area contributed by atoms with Crippen LogP contribution in [0.2, 0.25) is 0 Å². The van der Waals surface area contributed by atoms with Crippen molar-refractivity contribution in [3.63, 3.8) is 0 Å². The van der Waals surface area contributed by atoms with Crippen LogP contribution in [-0.4, -0.2) is 12.5 Å². The van der Waals surface area contributed by atoms with E-state index in [9.17, 15) is 4.79 Å². The average Bonchev–Trinajstić information content (AvgIpc) is 1.69. The first-order chi connectivity index (χ1) is 3.39. The summed E-state index contributed by atoms with van der Waals surface area (Å²) < 4.78 is 0. The lowest BCUT2D eigenvalue weighted by molar-refractivity contribution is -0.121. The molecular formula is C5H7NO. The molecule has 1 saturated heterocycles. The molecule has 0 unspecified atom stereocenters. The second-order valence-electron chi connectivity index (χ2n) is 1.56. The van der Waals surface area contributed by atoms with Crippen molar-refractivity contribution in [2.75, 3.05) is 6.54 Å². The van der Waals surface area contributed by atoms with Gasteiger partial charge in [-0.15, -0.1) is 0 Å². The Balaban J connectivity index is 2.25. The van der Waals surface area contributed by atoms with Crippen molar-refractivity contribution in [2.45, 2.75) is 12.8 Å². The van der Waals surface area contributed by atoms with E-state index >= 15 is 0 Å². The van der Waals surface area contributed by atoms with Crippen LogP contribution in [-0.2, 0) is 4.79 Å². The SMILES string of the molecule is O=C1CC[CH]C[N]1. The normalized spacial score (nSPS) is 21.4. The van der Waals surface area contributed by atoms with Crippen molar-refractivity contribution >= 4 is 5.91 Å². The van der Waals surface area contributed by atoms with Gasteiger partial charge in [0.25, 0.3) is 0 Å². The van der Waals surface area contributed by atoms with Gasteiger partial charge >= 0.3 is 0 Å². The molecule has 2 nitrogen and oxygen atoms in total. The average molecular weight is 97.1 g/mol. The van der Waals surface area contributed by atoms with Crippen molar-refractivity contribution in [3.05, 3.63) is 6.42 Å². The molecule has 1 rings (SSSR count). The van der Waals surface area contributed by atoms with E-state index in [1.54, 1.807) is 0 Å². The molecule has 7 heavy (non-hydrogen) atoms. The van der Waals surface area contributed by atoms with E-state index < -0.39 is 0 Å². The molecule has 0 bridgehead atoms. The number of amides is 1. The Morgan fingerprint density at radius 1 is 1.71 bits per heavy atom. The van der Waals surface area contributed by atoms with Crippen molar-refractivity contribution in [3.8, 4) is 0 Å². The summed E-state index contributed by atoms with van der Waals surface area (Å²) in [7, 11) is 0. The molecule has 0 aromatic carbocycles. The maximum absolute atomic E-state index is 10.3. The molecule has 1 fully saturated rings. The smallest absolute Gasteiger partial charge is 0.241 e. The van der Waals surface area contributed by atoms with Crippen LogP contribution in [0, 0.1) is 6.42 Å². The lowest BCUT2D eigenvalue weighted by Gasteiger charge is -2.05. The van der Waals surface area contributed by atoms with E-state index in [1.165, 1.54) is 0 Å². The van der Waals surface area contributed by atoms with Gasteiger partial charge in [0, 0.05) is 13.0 Å². The monoisotopic (exact) mass is 97.1 g/mol. The summed E-state index contributed by atoms with van der Waals surface area (Å²) in [5.41, 5.74) is 0. The lowest BCUT2D eigenvalue weighted by atomic mass is 10.2.